The Balaban J connectivity index is 1.79. The number of H-pyrrole nitrogens is 1. The number of nitrogens with one attached hydrogen (secondary N) is 2. The van der Waals surface area contributed by atoms with Crippen LogP contribution < -0.4 is 10.1 Å². The van der Waals surface area contributed by atoms with Crippen molar-refractivity contribution < 1.29 is 9.53 Å². The van der Waals surface area contributed by atoms with E-state index >= 15 is 0 Å². The summed E-state index contributed by atoms with van der Waals surface area (Å²) in [5.41, 5.74) is 0.964. The van der Waals surface area contributed by atoms with Crippen LogP contribution in [0.5, 0.6) is 5.75 Å². The molecule has 0 aliphatic carbocycles. The number of aryl methyl sites for hydroxylation is 1. The molecular weight excluding hydrogens is 324 g/mol. The highest BCUT2D eigenvalue weighted by Gasteiger charge is 2.05. The lowest BCUT2D eigenvalue weighted by atomic mass is 10.2. The Hall–Kier alpha value is -1.73. The molecule has 0 saturated heterocycles. The molecule has 0 bridgehead atoms. The molecule has 8 heteroatoms. The number of carbonyl (C=O) groups is 1. The lowest BCUT2D eigenvalue weighted by Crippen LogP contribution is -2.22. The van der Waals surface area contributed by atoms with Crippen molar-refractivity contribution in [3.63, 3.8) is 0 Å². The van der Waals surface area contributed by atoms with E-state index in [4.69, 9.17) is 16.3 Å². The molecule has 0 saturated carbocycles. The van der Waals surface area contributed by atoms with Gasteiger partial charge in [0.1, 0.15) is 12.4 Å². The van der Waals surface area contributed by atoms with Crippen LogP contribution in [0.4, 0.5) is 0 Å². The van der Waals surface area contributed by atoms with Crippen molar-refractivity contribution in [1.82, 2.24) is 20.5 Å². The smallest absolute Gasteiger partial charge is 0.216 e. The van der Waals surface area contributed by atoms with Gasteiger partial charge in [-0.3, -0.25) is 9.89 Å². The second kappa shape index (κ2) is 8.05. The van der Waals surface area contributed by atoms with Gasteiger partial charge in [0.25, 0.3) is 0 Å². The summed E-state index contributed by atoms with van der Waals surface area (Å²) in [6, 6.07) is 5.49. The number of hydrogen-bond acceptors (Lipinski definition) is 5. The molecule has 22 heavy (non-hydrogen) atoms. The average Bonchev–Trinajstić information content (AvgIpc) is 2.93. The first kappa shape index (κ1) is 16.6. The van der Waals surface area contributed by atoms with E-state index in [2.05, 4.69) is 20.5 Å². The Morgan fingerprint density at radius 2 is 2.32 bits per heavy atom. The average molecular weight is 341 g/mol. The van der Waals surface area contributed by atoms with Crippen LogP contribution in [-0.4, -0.2) is 33.4 Å². The first-order chi connectivity index (χ1) is 10.5. The zero-order chi connectivity index (χ0) is 15.9. The first-order valence-electron chi connectivity index (χ1n) is 6.72. The van der Waals surface area contributed by atoms with Crippen molar-refractivity contribution in [3.05, 3.63) is 34.6 Å². The summed E-state index contributed by atoms with van der Waals surface area (Å²) < 4.78 is 5.64. The number of benzene rings is 1. The fourth-order valence-electron chi connectivity index (χ4n) is 1.63. The van der Waals surface area contributed by atoms with E-state index in [1.54, 1.807) is 6.07 Å². The van der Waals surface area contributed by atoms with Gasteiger partial charge in [0.15, 0.2) is 5.82 Å². The van der Waals surface area contributed by atoms with Gasteiger partial charge in [0.2, 0.25) is 11.1 Å². The summed E-state index contributed by atoms with van der Waals surface area (Å²) in [5, 5.41) is 11.0. The molecule has 6 nitrogen and oxygen atoms in total. The fraction of sp³-hybridized carbons (Fsp3) is 0.357. The molecule has 0 unspecified atom stereocenters. The molecule has 0 spiro atoms. The summed E-state index contributed by atoms with van der Waals surface area (Å²) in [4.78, 5) is 15.1. The molecule has 0 atom stereocenters. The van der Waals surface area contributed by atoms with Gasteiger partial charge in [0.05, 0.1) is 0 Å². The van der Waals surface area contributed by atoms with Gasteiger partial charge < -0.3 is 10.1 Å². The minimum Gasteiger partial charge on any atom is -0.486 e. The van der Waals surface area contributed by atoms with Gasteiger partial charge in [-0.1, -0.05) is 23.4 Å². The number of halogens is 1. The number of hydrogen-bond donors (Lipinski definition) is 2. The standard InChI is InChI=1S/C14H17ClN4O2S/c1-9-7-11(3-4-12(9)15)21-8-13-17-14(19-18-13)22-6-5-16-10(2)20/h3-4,7H,5-6,8H2,1-2H3,(H,16,20)(H,17,18,19). The fourth-order valence-corrected chi connectivity index (χ4v) is 2.42. The maximum absolute atomic E-state index is 10.7. The van der Waals surface area contributed by atoms with Gasteiger partial charge in [-0.15, -0.1) is 5.10 Å². The molecule has 0 radical (unpaired) electrons. The third kappa shape index (κ3) is 5.23. The van der Waals surface area contributed by atoms with Crippen molar-refractivity contribution in [2.75, 3.05) is 12.3 Å². The largest absolute Gasteiger partial charge is 0.486 e. The SMILES string of the molecule is CC(=O)NCCSc1n[nH]c(COc2ccc(Cl)c(C)c2)n1. The molecule has 2 aromatic rings. The maximum atomic E-state index is 10.7. The van der Waals surface area contributed by atoms with E-state index in [0.717, 1.165) is 11.3 Å². The molecule has 0 aliphatic rings. The molecule has 1 amide bonds. The van der Waals surface area contributed by atoms with Crippen LogP contribution in [-0.2, 0) is 11.4 Å². The van der Waals surface area contributed by atoms with E-state index in [-0.39, 0.29) is 5.91 Å². The van der Waals surface area contributed by atoms with Crippen molar-refractivity contribution >= 4 is 29.3 Å². The molecule has 1 aromatic carbocycles. The van der Waals surface area contributed by atoms with Crippen LogP contribution in [0.3, 0.4) is 0 Å². The molecule has 0 aliphatic heterocycles. The molecule has 2 rings (SSSR count). The highest BCUT2D eigenvalue weighted by Crippen LogP contribution is 2.21. The van der Waals surface area contributed by atoms with Gasteiger partial charge in [-0.05, 0) is 30.7 Å². The maximum Gasteiger partial charge on any atom is 0.216 e. The molecular formula is C14H17ClN4O2S. The minimum atomic E-state index is -0.0390. The number of thioether (sulfide) groups is 1. The van der Waals surface area contributed by atoms with Crippen LogP contribution in [0.15, 0.2) is 23.4 Å². The van der Waals surface area contributed by atoms with E-state index in [9.17, 15) is 4.79 Å². The van der Waals surface area contributed by atoms with Gasteiger partial charge in [0, 0.05) is 24.2 Å². The number of ether oxygens (including phenoxy) is 1. The monoisotopic (exact) mass is 340 g/mol. The van der Waals surface area contributed by atoms with E-state index in [0.29, 0.717) is 34.9 Å². The molecule has 118 valence electrons. The second-order valence-electron chi connectivity index (χ2n) is 4.60. The minimum absolute atomic E-state index is 0.0390. The van der Waals surface area contributed by atoms with E-state index in [1.165, 1.54) is 18.7 Å². The zero-order valence-corrected chi connectivity index (χ0v) is 13.9. The highest BCUT2D eigenvalue weighted by atomic mass is 35.5. The molecule has 2 N–H and O–H groups in total. The normalized spacial score (nSPS) is 10.5. The van der Waals surface area contributed by atoms with Gasteiger partial charge >= 0.3 is 0 Å². The number of carbonyl (C=O) groups excluding carboxylic acids is 1. The number of aromatic amines is 1. The first-order valence-corrected chi connectivity index (χ1v) is 8.08. The van der Waals surface area contributed by atoms with Crippen molar-refractivity contribution in [1.29, 1.82) is 0 Å². The van der Waals surface area contributed by atoms with Crippen molar-refractivity contribution in [3.8, 4) is 5.75 Å². The Morgan fingerprint density at radius 3 is 3.05 bits per heavy atom. The number of rotatable bonds is 7. The summed E-state index contributed by atoms with van der Waals surface area (Å²) in [6.45, 7) is 4.31. The summed E-state index contributed by atoms with van der Waals surface area (Å²) >= 11 is 7.44. The predicted molar refractivity (Wildman–Crippen MR) is 86.3 cm³/mol. The van der Waals surface area contributed by atoms with Crippen LogP contribution >= 0.6 is 23.4 Å². The summed E-state index contributed by atoms with van der Waals surface area (Å²) in [7, 11) is 0. The number of nitrogens with zero attached hydrogens (tertiary/aromatic N) is 2. The van der Waals surface area contributed by atoms with Crippen LogP contribution in [0, 0.1) is 6.92 Å². The molecule has 1 aromatic heterocycles. The zero-order valence-electron chi connectivity index (χ0n) is 12.4. The topological polar surface area (TPSA) is 79.9 Å². The third-order valence-corrected chi connectivity index (χ3v) is 4.00. The lowest BCUT2D eigenvalue weighted by molar-refractivity contribution is -0.118. The van der Waals surface area contributed by atoms with Gasteiger partial charge in [-0.25, -0.2) is 4.98 Å². The van der Waals surface area contributed by atoms with Crippen LogP contribution in [0.2, 0.25) is 5.02 Å². The summed E-state index contributed by atoms with van der Waals surface area (Å²) in [5.74, 6) is 2.06. The summed E-state index contributed by atoms with van der Waals surface area (Å²) in [6.07, 6.45) is 0. The Labute approximate surface area is 138 Å². The Bertz CT molecular complexity index is 648. The second-order valence-corrected chi connectivity index (χ2v) is 6.07. The van der Waals surface area contributed by atoms with Crippen molar-refractivity contribution in [2.24, 2.45) is 0 Å². The lowest BCUT2D eigenvalue weighted by Gasteiger charge is -2.05. The van der Waals surface area contributed by atoms with E-state index in [1.807, 2.05) is 19.1 Å². The predicted octanol–water partition coefficient (Wildman–Crippen LogP) is 2.57. The number of aromatic nitrogens is 3. The van der Waals surface area contributed by atoms with Crippen LogP contribution in [0.1, 0.15) is 18.3 Å². The molecule has 0 fully saturated rings. The number of amides is 1. The Morgan fingerprint density at radius 1 is 1.50 bits per heavy atom. The quantitative estimate of drug-likeness (QED) is 0.598. The van der Waals surface area contributed by atoms with Crippen molar-refractivity contribution in [2.45, 2.75) is 25.6 Å². The third-order valence-electron chi connectivity index (χ3n) is 2.72. The van der Waals surface area contributed by atoms with E-state index < -0.39 is 0 Å². The van der Waals surface area contributed by atoms with Gasteiger partial charge in [-0.2, -0.15) is 0 Å². The highest BCUT2D eigenvalue weighted by molar-refractivity contribution is 7.99. The molecule has 1 heterocycles. The van der Waals surface area contributed by atoms with Crippen LogP contribution in [0.25, 0.3) is 0 Å². The Kier molecular flexibility index (Phi) is 6.09.